The van der Waals surface area contributed by atoms with E-state index in [1.54, 1.807) is 0 Å². The van der Waals surface area contributed by atoms with Crippen molar-refractivity contribution in [2.45, 2.75) is 45.6 Å². The van der Waals surface area contributed by atoms with E-state index < -0.39 is 0 Å². The van der Waals surface area contributed by atoms with E-state index in [1.165, 1.54) is 37.7 Å². The maximum Gasteiger partial charge on any atom is 0.0359 e. The molecule has 0 radical (unpaired) electrons. The van der Waals surface area contributed by atoms with Crippen molar-refractivity contribution in [1.29, 1.82) is 0 Å². The third-order valence-electron chi connectivity index (χ3n) is 3.98. The Balaban J connectivity index is 1.81. The Morgan fingerprint density at radius 2 is 1.88 bits per heavy atom. The van der Waals surface area contributed by atoms with Crippen molar-refractivity contribution in [3.05, 3.63) is 29.8 Å². The summed E-state index contributed by atoms with van der Waals surface area (Å²) in [6, 6.07) is 8.11. The molecule has 3 N–H and O–H groups in total. The third-order valence-corrected chi connectivity index (χ3v) is 3.98. The smallest absolute Gasteiger partial charge is 0.0359 e. The second kappa shape index (κ2) is 5.54. The van der Waals surface area contributed by atoms with Gasteiger partial charge in [-0.3, -0.25) is 0 Å². The summed E-state index contributed by atoms with van der Waals surface area (Å²) >= 11 is 0. The molecule has 0 aliphatic heterocycles. The Hall–Kier alpha value is -1.02. The predicted molar refractivity (Wildman–Crippen MR) is 73.8 cm³/mol. The van der Waals surface area contributed by atoms with E-state index in [0.29, 0.717) is 5.41 Å². The van der Waals surface area contributed by atoms with Crippen molar-refractivity contribution in [3.63, 3.8) is 0 Å². The van der Waals surface area contributed by atoms with Crippen LogP contribution in [0.4, 0.5) is 5.69 Å². The average Bonchev–Trinajstić information content (AvgIpc) is 2.32. The molecule has 0 bridgehead atoms. The lowest BCUT2D eigenvalue weighted by Gasteiger charge is -2.33. The first-order valence-electron chi connectivity index (χ1n) is 6.74. The molecule has 17 heavy (non-hydrogen) atoms. The molecule has 2 heteroatoms. The fraction of sp³-hybridized carbons (Fsp3) is 0.600. The van der Waals surface area contributed by atoms with Gasteiger partial charge in [0.25, 0.3) is 0 Å². The molecular formula is C15H24N2. The first-order valence-corrected chi connectivity index (χ1v) is 6.74. The SMILES string of the molecule is CC1(CNCc2ccccc2N)CCCCC1. The highest BCUT2D eigenvalue weighted by Crippen LogP contribution is 2.34. The third kappa shape index (κ3) is 3.47. The molecule has 94 valence electrons. The van der Waals surface area contributed by atoms with Crippen LogP contribution in [0, 0.1) is 5.41 Å². The van der Waals surface area contributed by atoms with Crippen molar-refractivity contribution in [2.24, 2.45) is 5.41 Å². The lowest BCUT2D eigenvalue weighted by molar-refractivity contribution is 0.207. The largest absolute Gasteiger partial charge is 0.398 e. The zero-order chi connectivity index (χ0) is 12.1. The van der Waals surface area contributed by atoms with Crippen LogP contribution in [0.25, 0.3) is 0 Å². The van der Waals surface area contributed by atoms with Gasteiger partial charge in [-0.2, -0.15) is 0 Å². The quantitative estimate of drug-likeness (QED) is 0.781. The number of benzene rings is 1. The molecule has 0 atom stereocenters. The molecule has 0 spiro atoms. The number of anilines is 1. The second-order valence-electron chi connectivity index (χ2n) is 5.67. The summed E-state index contributed by atoms with van der Waals surface area (Å²) in [5.41, 5.74) is 8.55. The number of para-hydroxylation sites is 1. The van der Waals surface area contributed by atoms with Gasteiger partial charge in [0.05, 0.1) is 0 Å². The number of nitrogens with one attached hydrogen (secondary N) is 1. The van der Waals surface area contributed by atoms with Crippen LogP contribution in [-0.4, -0.2) is 6.54 Å². The molecule has 1 aromatic carbocycles. The van der Waals surface area contributed by atoms with Crippen LogP contribution in [-0.2, 0) is 6.54 Å². The minimum Gasteiger partial charge on any atom is -0.398 e. The van der Waals surface area contributed by atoms with Crippen LogP contribution in [0.5, 0.6) is 0 Å². The molecule has 1 aliphatic rings. The fourth-order valence-electron chi connectivity index (χ4n) is 2.78. The maximum atomic E-state index is 5.93. The van der Waals surface area contributed by atoms with E-state index in [9.17, 15) is 0 Å². The lowest BCUT2D eigenvalue weighted by atomic mass is 9.76. The number of nitrogen functional groups attached to an aromatic ring is 1. The van der Waals surface area contributed by atoms with E-state index >= 15 is 0 Å². The monoisotopic (exact) mass is 232 g/mol. The van der Waals surface area contributed by atoms with E-state index in [-0.39, 0.29) is 0 Å². The minimum absolute atomic E-state index is 0.502. The van der Waals surface area contributed by atoms with E-state index in [0.717, 1.165) is 18.8 Å². The van der Waals surface area contributed by atoms with Crippen LogP contribution in [0.3, 0.4) is 0 Å². The lowest BCUT2D eigenvalue weighted by Crippen LogP contribution is -2.33. The minimum atomic E-state index is 0.502. The van der Waals surface area contributed by atoms with Gasteiger partial charge in [0.2, 0.25) is 0 Å². The van der Waals surface area contributed by atoms with Gasteiger partial charge >= 0.3 is 0 Å². The molecular weight excluding hydrogens is 208 g/mol. The maximum absolute atomic E-state index is 5.93. The zero-order valence-electron chi connectivity index (χ0n) is 10.8. The van der Waals surface area contributed by atoms with Crippen molar-refractivity contribution in [1.82, 2.24) is 5.32 Å². The second-order valence-corrected chi connectivity index (χ2v) is 5.67. The van der Waals surface area contributed by atoms with Gasteiger partial charge in [0.1, 0.15) is 0 Å². The molecule has 2 rings (SSSR count). The van der Waals surface area contributed by atoms with Gasteiger partial charge in [-0.1, -0.05) is 44.4 Å². The van der Waals surface area contributed by atoms with Gasteiger partial charge in [0, 0.05) is 18.8 Å². The predicted octanol–water partition coefficient (Wildman–Crippen LogP) is 3.33. The van der Waals surface area contributed by atoms with Crippen LogP contribution < -0.4 is 11.1 Å². The Kier molecular flexibility index (Phi) is 4.06. The van der Waals surface area contributed by atoms with E-state index in [4.69, 9.17) is 5.73 Å². The fourth-order valence-corrected chi connectivity index (χ4v) is 2.78. The topological polar surface area (TPSA) is 38.0 Å². The van der Waals surface area contributed by atoms with Crippen LogP contribution in [0.15, 0.2) is 24.3 Å². The molecule has 0 saturated heterocycles. The van der Waals surface area contributed by atoms with Crippen LogP contribution in [0.1, 0.15) is 44.6 Å². The van der Waals surface area contributed by atoms with Crippen LogP contribution >= 0.6 is 0 Å². The molecule has 1 saturated carbocycles. The van der Waals surface area contributed by atoms with Gasteiger partial charge in [-0.05, 0) is 29.9 Å². The Morgan fingerprint density at radius 1 is 1.18 bits per heavy atom. The standard InChI is InChI=1S/C15H24N2/c1-15(9-5-2-6-10-15)12-17-11-13-7-3-4-8-14(13)16/h3-4,7-8,17H,2,5-6,9-12,16H2,1H3. The van der Waals surface area contributed by atoms with E-state index in [1.807, 2.05) is 12.1 Å². The molecule has 0 amide bonds. The van der Waals surface area contributed by atoms with Crippen molar-refractivity contribution in [3.8, 4) is 0 Å². The van der Waals surface area contributed by atoms with Gasteiger partial charge in [0.15, 0.2) is 0 Å². The average molecular weight is 232 g/mol. The Morgan fingerprint density at radius 3 is 2.59 bits per heavy atom. The summed E-state index contributed by atoms with van der Waals surface area (Å²) in [4.78, 5) is 0. The number of hydrogen-bond acceptors (Lipinski definition) is 2. The summed E-state index contributed by atoms with van der Waals surface area (Å²) in [6.07, 6.45) is 6.94. The van der Waals surface area contributed by atoms with Crippen molar-refractivity contribution < 1.29 is 0 Å². The zero-order valence-corrected chi connectivity index (χ0v) is 10.8. The normalized spacial score (nSPS) is 19.1. The van der Waals surface area contributed by atoms with Gasteiger partial charge < -0.3 is 11.1 Å². The van der Waals surface area contributed by atoms with Gasteiger partial charge in [-0.25, -0.2) is 0 Å². The summed E-state index contributed by atoms with van der Waals surface area (Å²) in [5.74, 6) is 0. The summed E-state index contributed by atoms with van der Waals surface area (Å²) in [5, 5.41) is 3.57. The molecule has 1 fully saturated rings. The van der Waals surface area contributed by atoms with E-state index in [2.05, 4.69) is 24.4 Å². The first kappa shape index (κ1) is 12.4. The first-order chi connectivity index (χ1) is 8.20. The Bertz CT molecular complexity index is 354. The highest BCUT2D eigenvalue weighted by Gasteiger charge is 2.25. The number of nitrogens with two attached hydrogens (primary N) is 1. The molecule has 0 aromatic heterocycles. The molecule has 0 unspecified atom stereocenters. The Labute approximate surface area is 105 Å². The molecule has 0 heterocycles. The van der Waals surface area contributed by atoms with Crippen molar-refractivity contribution >= 4 is 5.69 Å². The molecule has 1 aliphatic carbocycles. The van der Waals surface area contributed by atoms with Crippen LogP contribution in [0.2, 0.25) is 0 Å². The number of hydrogen-bond donors (Lipinski definition) is 2. The van der Waals surface area contributed by atoms with Gasteiger partial charge in [-0.15, -0.1) is 0 Å². The summed E-state index contributed by atoms with van der Waals surface area (Å²) in [7, 11) is 0. The summed E-state index contributed by atoms with van der Waals surface area (Å²) in [6.45, 7) is 4.41. The molecule has 2 nitrogen and oxygen atoms in total. The highest BCUT2D eigenvalue weighted by molar-refractivity contribution is 5.46. The summed E-state index contributed by atoms with van der Waals surface area (Å²) < 4.78 is 0. The highest BCUT2D eigenvalue weighted by atomic mass is 14.9. The number of rotatable bonds is 4. The molecule has 1 aromatic rings. The van der Waals surface area contributed by atoms with Crippen molar-refractivity contribution in [2.75, 3.05) is 12.3 Å².